The summed E-state index contributed by atoms with van der Waals surface area (Å²) >= 11 is 0. The number of ether oxygens (including phenoxy) is 1. The summed E-state index contributed by atoms with van der Waals surface area (Å²) < 4.78 is 4.69. The van der Waals surface area contributed by atoms with Crippen LogP contribution in [0, 0.1) is 6.92 Å². The van der Waals surface area contributed by atoms with Crippen molar-refractivity contribution in [2.45, 2.75) is 6.92 Å². The highest BCUT2D eigenvalue weighted by Crippen LogP contribution is 2.22. The van der Waals surface area contributed by atoms with E-state index in [0.29, 0.717) is 11.4 Å². The van der Waals surface area contributed by atoms with E-state index in [0.717, 1.165) is 11.1 Å². The molecule has 3 rings (SSSR count). The van der Waals surface area contributed by atoms with Gasteiger partial charge in [0.25, 0.3) is 0 Å². The molecule has 23 heavy (non-hydrogen) atoms. The highest BCUT2D eigenvalue weighted by atomic mass is 16.5. The molecule has 0 radical (unpaired) electrons. The number of benzene rings is 1. The number of carbonyl (C=O) groups is 1. The molecule has 0 fully saturated rings. The molecule has 3 aromatic rings. The smallest absolute Gasteiger partial charge is 0.356 e. The maximum absolute atomic E-state index is 11.6. The minimum absolute atomic E-state index is 0.273. The average Bonchev–Trinajstić information content (AvgIpc) is 2.62. The zero-order chi connectivity index (χ0) is 16.2. The van der Waals surface area contributed by atoms with Gasteiger partial charge in [-0.15, -0.1) is 0 Å². The predicted molar refractivity (Wildman–Crippen MR) is 89.0 cm³/mol. The third-order valence-corrected chi connectivity index (χ3v) is 3.55. The van der Waals surface area contributed by atoms with Gasteiger partial charge in [0.15, 0.2) is 0 Å². The molecule has 0 N–H and O–H groups in total. The van der Waals surface area contributed by atoms with E-state index in [2.05, 4.69) is 41.2 Å². The second-order valence-corrected chi connectivity index (χ2v) is 5.20. The molecule has 0 aliphatic heterocycles. The van der Waals surface area contributed by atoms with Gasteiger partial charge < -0.3 is 4.74 Å². The summed E-state index contributed by atoms with van der Waals surface area (Å²) in [5.41, 5.74) is 5.01. The Morgan fingerprint density at radius 1 is 0.913 bits per heavy atom. The third kappa shape index (κ3) is 3.26. The summed E-state index contributed by atoms with van der Waals surface area (Å²) in [5.74, 6) is -0.455. The maximum Gasteiger partial charge on any atom is 0.356 e. The van der Waals surface area contributed by atoms with Gasteiger partial charge in [-0.25, -0.2) is 9.78 Å². The zero-order valence-electron chi connectivity index (χ0n) is 13.0. The van der Waals surface area contributed by atoms with Crippen molar-refractivity contribution in [1.29, 1.82) is 0 Å². The zero-order valence-corrected chi connectivity index (χ0v) is 13.0. The van der Waals surface area contributed by atoms with Gasteiger partial charge in [-0.3, -0.25) is 4.98 Å². The summed E-state index contributed by atoms with van der Waals surface area (Å²) in [7, 11) is 1.34. The third-order valence-electron chi connectivity index (χ3n) is 3.55. The van der Waals surface area contributed by atoms with Gasteiger partial charge in [-0.05, 0) is 30.7 Å². The lowest BCUT2D eigenvalue weighted by atomic mass is 10.1. The van der Waals surface area contributed by atoms with Gasteiger partial charge >= 0.3 is 5.97 Å². The van der Waals surface area contributed by atoms with E-state index < -0.39 is 5.97 Å². The quantitative estimate of drug-likeness (QED) is 0.688. The Bertz CT molecular complexity index is 825. The second-order valence-electron chi connectivity index (χ2n) is 5.20. The number of nitrogens with zero attached hydrogens (tertiary/aromatic N) is 2. The van der Waals surface area contributed by atoms with Crippen LogP contribution in [0.1, 0.15) is 16.1 Å². The lowest BCUT2D eigenvalue weighted by Crippen LogP contribution is -2.04. The van der Waals surface area contributed by atoms with Crippen LogP contribution in [0.2, 0.25) is 0 Å². The number of hydrogen-bond acceptors (Lipinski definition) is 4. The lowest BCUT2D eigenvalue weighted by Gasteiger charge is -2.05. The average molecular weight is 304 g/mol. The Balaban J connectivity index is 1.90. The van der Waals surface area contributed by atoms with Crippen molar-refractivity contribution in [2.75, 3.05) is 7.11 Å². The van der Waals surface area contributed by atoms with Crippen molar-refractivity contribution in [3.05, 3.63) is 72.1 Å². The standard InChI is InChI=1S/C19H16N2O2/c1-13-6-8-14(9-7-13)15-10-11-16(20-12-15)17-4-3-5-18(21-17)19(22)23-2/h3-12H,1-2H3. The molecule has 0 spiro atoms. The van der Waals surface area contributed by atoms with E-state index in [1.807, 2.05) is 24.4 Å². The Hall–Kier alpha value is -3.01. The molecular formula is C19H16N2O2. The van der Waals surface area contributed by atoms with Crippen LogP contribution < -0.4 is 0 Å². The number of pyridine rings is 2. The molecule has 4 heteroatoms. The fourth-order valence-corrected chi connectivity index (χ4v) is 2.26. The van der Waals surface area contributed by atoms with Gasteiger partial charge in [0.2, 0.25) is 0 Å². The highest BCUT2D eigenvalue weighted by Gasteiger charge is 2.09. The Kier molecular flexibility index (Phi) is 4.15. The molecule has 4 nitrogen and oxygen atoms in total. The van der Waals surface area contributed by atoms with Crippen LogP contribution in [0.25, 0.3) is 22.5 Å². The first kappa shape index (κ1) is 14.9. The van der Waals surface area contributed by atoms with E-state index in [4.69, 9.17) is 4.74 Å². The summed E-state index contributed by atoms with van der Waals surface area (Å²) in [6.45, 7) is 2.06. The Labute approximate surface area is 134 Å². The summed E-state index contributed by atoms with van der Waals surface area (Å²) in [6.07, 6.45) is 1.81. The molecular weight excluding hydrogens is 288 g/mol. The summed E-state index contributed by atoms with van der Waals surface area (Å²) in [4.78, 5) is 20.3. The maximum atomic E-state index is 11.6. The van der Waals surface area contributed by atoms with Crippen LogP contribution in [0.3, 0.4) is 0 Å². The molecule has 0 aliphatic rings. The van der Waals surface area contributed by atoms with Gasteiger partial charge in [-0.1, -0.05) is 42.0 Å². The molecule has 0 amide bonds. The SMILES string of the molecule is COC(=O)c1cccc(-c2ccc(-c3ccc(C)cc3)cn2)n1. The molecule has 114 valence electrons. The largest absolute Gasteiger partial charge is 0.464 e. The number of aryl methyl sites for hydroxylation is 1. The molecule has 0 saturated heterocycles. The first-order valence-corrected chi connectivity index (χ1v) is 7.26. The van der Waals surface area contributed by atoms with Crippen LogP contribution in [-0.2, 0) is 4.74 Å². The van der Waals surface area contributed by atoms with Crippen molar-refractivity contribution in [3.63, 3.8) is 0 Å². The fraction of sp³-hybridized carbons (Fsp3) is 0.105. The predicted octanol–water partition coefficient (Wildman–Crippen LogP) is 3.91. The fourth-order valence-electron chi connectivity index (χ4n) is 2.26. The van der Waals surface area contributed by atoms with Crippen molar-refractivity contribution >= 4 is 5.97 Å². The van der Waals surface area contributed by atoms with Crippen molar-refractivity contribution in [2.24, 2.45) is 0 Å². The van der Waals surface area contributed by atoms with E-state index >= 15 is 0 Å². The summed E-state index contributed by atoms with van der Waals surface area (Å²) in [5, 5.41) is 0. The van der Waals surface area contributed by atoms with Gasteiger partial charge in [0.1, 0.15) is 5.69 Å². The van der Waals surface area contributed by atoms with Crippen LogP contribution in [0.5, 0.6) is 0 Å². The Morgan fingerprint density at radius 3 is 2.30 bits per heavy atom. The highest BCUT2D eigenvalue weighted by molar-refractivity contribution is 5.87. The van der Waals surface area contributed by atoms with Gasteiger partial charge in [0, 0.05) is 11.8 Å². The van der Waals surface area contributed by atoms with Gasteiger partial charge in [-0.2, -0.15) is 0 Å². The molecule has 2 aromatic heterocycles. The number of hydrogen-bond donors (Lipinski definition) is 0. The minimum atomic E-state index is -0.455. The molecule has 0 aliphatic carbocycles. The van der Waals surface area contributed by atoms with Crippen LogP contribution in [0.15, 0.2) is 60.8 Å². The molecule has 1 aromatic carbocycles. The number of aromatic nitrogens is 2. The van der Waals surface area contributed by atoms with Crippen molar-refractivity contribution in [1.82, 2.24) is 9.97 Å². The number of esters is 1. The lowest BCUT2D eigenvalue weighted by molar-refractivity contribution is 0.0594. The van der Waals surface area contributed by atoms with E-state index in [1.165, 1.54) is 12.7 Å². The number of methoxy groups -OCH3 is 1. The van der Waals surface area contributed by atoms with E-state index in [1.54, 1.807) is 12.1 Å². The molecule has 0 saturated carbocycles. The van der Waals surface area contributed by atoms with Crippen LogP contribution in [0.4, 0.5) is 0 Å². The minimum Gasteiger partial charge on any atom is -0.464 e. The molecule has 0 bridgehead atoms. The number of carbonyl (C=O) groups excluding carboxylic acids is 1. The second kappa shape index (κ2) is 6.40. The van der Waals surface area contributed by atoms with Crippen LogP contribution >= 0.6 is 0 Å². The number of rotatable bonds is 3. The van der Waals surface area contributed by atoms with Crippen LogP contribution in [-0.4, -0.2) is 23.0 Å². The molecule has 0 unspecified atom stereocenters. The van der Waals surface area contributed by atoms with Crippen molar-refractivity contribution in [3.8, 4) is 22.5 Å². The molecule has 0 atom stereocenters. The topological polar surface area (TPSA) is 52.1 Å². The normalized spacial score (nSPS) is 10.3. The molecule has 2 heterocycles. The monoisotopic (exact) mass is 304 g/mol. The van der Waals surface area contributed by atoms with Crippen molar-refractivity contribution < 1.29 is 9.53 Å². The summed E-state index contributed by atoms with van der Waals surface area (Å²) in [6, 6.07) is 17.4. The van der Waals surface area contributed by atoms with E-state index in [9.17, 15) is 4.79 Å². The first-order chi connectivity index (χ1) is 11.2. The van der Waals surface area contributed by atoms with E-state index in [-0.39, 0.29) is 5.69 Å². The van der Waals surface area contributed by atoms with Gasteiger partial charge in [0.05, 0.1) is 18.5 Å². The first-order valence-electron chi connectivity index (χ1n) is 7.26. The Morgan fingerprint density at radius 2 is 1.65 bits per heavy atom.